The van der Waals surface area contributed by atoms with Crippen molar-refractivity contribution in [2.24, 2.45) is 0 Å². The molecule has 2 N–H and O–H groups in total. The van der Waals surface area contributed by atoms with E-state index in [9.17, 15) is 20.3 Å². The summed E-state index contributed by atoms with van der Waals surface area (Å²) in [5, 5.41) is 30.1. The van der Waals surface area contributed by atoms with E-state index in [-0.39, 0.29) is 17.5 Å². The van der Waals surface area contributed by atoms with E-state index in [0.717, 1.165) is 0 Å². The maximum Gasteiger partial charge on any atom is 0.311 e. The van der Waals surface area contributed by atoms with Crippen LogP contribution in [0.4, 0.5) is 11.4 Å². The van der Waals surface area contributed by atoms with Crippen molar-refractivity contribution in [2.75, 3.05) is 18.0 Å². The van der Waals surface area contributed by atoms with Crippen LogP contribution in [0.3, 0.4) is 0 Å². The Kier molecular flexibility index (Phi) is 4.10. The number of β-amino-alcohol motifs (C(OH)–C–C–N with tert-alkyl or cyclic N) is 2. The normalized spacial score (nSPS) is 22.4. The number of ether oxygens (including phenoxy) is 1. The summed E-state index contributed by atoms with van der Waals surface area (Å²) in [6.07, 6.45) is -1.79. The first-order chi connectivity index (χ1) is 9.38. The Labute approximate surface area is 116 Å². The second-order valence-corrected chi connectivity index (χ2v) is 5.12. The van der Waals surface area contributed by atoms with Gasteiger partial charge < -0.3 is 19.8 Å². The van der Waals surface area contributed by atoms with Gasteiger partial charge >= 0.3 is 5.69 Å². The number of hydrogen-bond acceptors (Lipinski definition) is 6. The third-order valence-electron chi connectivity index (χ3n) is 3.13. The van der Waals surface area contributed by atoms with Gasteiger partial charge in [-0.3, -0.25) is 10.1 Å². The number of hydrogen-bond donors (Lipinski definition) is 2. The predicted octanol–water partition coefficient (Wildman–Crippen LogP) is 0.924. The molecule has 0 aliphatic carbocycles. The molecular weight excluding hydrogens is 264 g/mol. The van der Waals surface area contributed by atoms with Crippen molar-refractivity contribution in [1.29, 1.82) is 0 Å². The topological polar surface area (TPSA) is 96.1 Å². The second-order valence-electron chi connectivity index (χ2n) is 5.12. The Hall–Kier alpha value is -1.86. The van der Waals surface area contributed by atoms with Crippen molar-refractivity contribution in [3.05, 3.63) is 28.3 Å². The Bertz CT molecular complexity index is 496. The Morgan fingerprint density at radius 3 is 2.45 bits per heavy atom. The van der Waals surface area contributed by atoms with E-state index in [1.807, 2.05) is 0 Å². The first-order valence-corrected chi connectivity index (χ1v) is 6.44. The summed E-state index contributed by atoms with van der Waals surface area (Å²) in [6.45, 7) is 4.17. The molecule has 1 aromatic carbocycles. The molecule has 0 bridgehead atoms. The van der Waals surface area contributed by atoms with Crippen LogP contribution in [-0.4, -0.2) is 46.5 Å². The molecule has 0 saturated carbocycles. The van der Waals surface area contributed by atoms with Gasteiger partial charge in [0.15, 0.2) is 5.75 Å². The van der Waals surface area contributed by atoms with Gasteiger partial charge in [-0.05, 0) is 19.9 Å². The van der Waals surface area contributed by atoms with E-state index >= 15 is 0 Å². The molecule has 110 valence electrons. The zero-order chi connectivity index (χ0) is 14.9. The molecule has 20 heavy (non-hydrogen) atoms. The Morgan fingerprint density at radius 1 is 1.35 bits per heavy atom. The molecule has 1 heterocycles. The average molecular weight is 282 g/mol. The first kappa shape index (κ1) is 14.5. The van der Waals surface area contributed by atoms with E-state index in [4.69, 9.17) is 4.74 Å². The first-order valence-electron chi connectivity index (χ1n) is 6.44. The van der Waals surface area contributed by atoms with Crippen molar-refractivity contribution in [2.45, 2.75) is 32.2 Å². The molecule has 0 amide bonds. The molecule has 2 unspecified atom stereocenters. The van der Waals surface area contributed by atoms with E-state index in [2.05, 4.69) is 0 Å². The van der Waals surface area contributed by atoms with Gasteiger partial charge in [-0.25, -0.2) is 0 Å². The lowest BCUT2D eigenvalue weighted by atomic mass is 10.2. The van der Waals surface area contributed by atoms with Gasteiger partial charge in [-0.15, -0.1) is 0 Å². The molecule has 2 rings (SSSR count). The molecule has 1 aliphatic heterocycles. The number of nitro benzene ring substituents is 1. The summed E-state index contributed by atoms with van der Waals surface area (Å²) in [6, 6.07) is 4.54. The minimum atomic E-state index is -0.806. The number of nitro groups is 1. The molecule has 1 fully saturated rings. The molecular formula is C13H18N2O5. The lowest BCUT2D eigenvalue weighted by Crippen LogP contribution is -2.22. The number of aliphatic hydroxyl groups is 2. The summed E-state index contributed by atoms with van der Waals surface area (Å²) >= 11 is 0. The molecule has 7 heteroatoms. The fraction of sp³-hybridized carbons (Fsp3) is 0.538. The van der Waals surface area contributed by atoms with Gasteiger partial charge in [0.25, 0.3) is 0 Å². The maximum absolute atomic E-state index is 11.0. The summed E-state index contributed by atoms with van der Waals surface area (Å²) in [5.74, 6) is 0.193. The molecule has 0 radical (unpaired) electrons. The quantitative estimate of drug-likeness (QED) is 0.630. The van der Waals surface area contributed by atoms with Crippen LogP contribution in [0.15, 0.2) is 18.2 Å². The van der Waals surface area contributed by atoms with Gasteiger partial charge in [0, 0.05) is 30.9 Å². The zero-order valence-corrected chi connectivity index (χ0v) is 11.4. The van der Waals surface area contributed by atoms with Crippen LogP contribution in [0.1, 0.15) is 13.8 Å². The van der Waals surface area contributed by atoms with Gasteiger partial charge in [0.05, 0.1) is 23.2 Å². The fourth-order valence-electron chi connectivity index (χ4n) is 2.18. The number of aliphatic hydroxyl groups excluding tert-OH is 2. The van der Waals surface area contributed by atoms with Gasteiger partial charge in [0.2, 0.25) is 0 Å². The minimum absolute atomic E-state index is 0.0947. The molecule has 7 nitrogen and oxygen atoms in total. The molecule has 2 atom stereocenters. The molecule has 1 aromatic rings. The van der Waals surface area contributed by atoms with Crippen LogP contribution in [0.5, 0.6) is 5.75 Å². The SMILES string of the molecule is CC(C)Oc1cc(N2CC(O)C(O)C2)ccc1[N+](=O)[O-]. The van der Waals surface area contributed by atoms with Crippen LogP contribution in [0.25, 0.3) is 0 Å². The summed E-state index contributed by atoms with van der Waals surface area (Å²) in [4.78, 5) is 12.3. The Balaban J connectivity index is 2.30. The highest BCUT2D eigenvalue weighted by atomic mass is 16.6. The third kappa shape index (κ3) is 3.00. The highest BCUT2D eigenvalue weighted by molar-refractivity contribution is 5.60. The van der Waals surface area contributed by atoms with Crippen LogP contribution in [-0.2, 0) is 0 Å². The largest absolute Gasteiger partial charge is 0.484 e. The van der Waals surface area contributed by atoms with Crippen LogP contribution in [0.2, 0.25) is 0 Å². The van der Waals surface area contributed by atoms with E-state index < -0.39 is 17.1 Å². The lowest BCUT2D eigenvalue weighted by Gasteiger charge is -2.19. The van der Waals surface area contributed by atoms with E-state index in [1.165, 1.54) is 6.07 Å². The lowest BCUT2D eigenvalue weighted by molar-refractivity contribution is -0.386. The second kappa shape index (κ2) is 5.64. The number of benzene rings is 1. The maximum atomic E-state index is 11.0. The van der Waals surface area contributed by atoms with Crippen molar-refractivity contribution in [3.8, 4) is 5.75 Å². The molecule has 0 aromatic heterocycles. The van der Waals surface area contributed by atoms with Crippen molar-refractivity contribution >= 4 is 11.4 Å². The third-order valence-corrected chi connectivity index (χ3v) is 3.13. The van der Waals surface area contributed by atoms with E-state index in [0.29, 0.717) is 18.8 Å². The van der Waals surface area contributed by atoms with Crippen molar-refractivity contribution in [3.63, 3.8) is 0 Å². The average Bonchev–Trinajstić information content (AvgIpc) is 2.68. The van der Waals surface area contributed by atoms with Gasteiger partial charge in [0.1, 0.15) is 0 Å². The highest BCUT2D eigenvalue weighted by Crippen LogP contribution is 2.33. The van der Waals surface area contributed by atoms with Gasteiger partial charge in [-0.2, -0.15) is 0 Å². The van der Waals surface area contributed by atoms with Crippen LogP contribution in [0, 0.1) is 10.1 Å². The molecule has 0 spiro atoms. The predicted molar refractivity (Wildman–Crippen MR) is 73.1 cm³/mol. The minimum Gasteiger partial charge on any atom is -0.484 e. The number of nitrogens with zero attached hydrogens (tertiary/aromatic N) is 2. The summed E-state index contributed by atoms with van der Waals surface area (Å²) < 4.78 is 5.47. The smallest absolute Gasteiger partial charge is 0.311 e. The fourth-order valence-corrected chi connectivity index (χ4v) is 2.18. The van der Waals surface area contributed by atoms with Crippen LogP contribution < -0.4 is 9.64 Å². The monoisotopic (exact) mass is 282 g/mol. The van der Waals surface area contributed by atoms with Gasteiger partial charge in [-0.1, -0.05) is 0 Å². The number of rotatable bonds is 4. The van der Waals surface area contributed by atoms with Crippen molar-refractivity contribution < 1.29 is 19.9 Å². The summed E-state index contributed by atoms with van der Waals surface area (Å²) in [5.41, 5.74) is 0.588. The van der Waals surface area contributed by atoms with Crippen LogP contribution >= 0.6 is 0 Å². The van der Waals surface area contributed by atoms with E-state index in [1.54, 1.807) is 30.9 Å². The standard InChI is InChI=1S/C13H18N2O5/c1-8(2)20-13-5-9(3-4-10(13)15(18)19)14-6-11(16)12(17)7-14/h3-5,8,11-12,16-17H,6-7H2,1-2H3. The molecule has 1 saturated heterocycles. The molecule has 1 aliphatic rings. The summed E-state index contributed by atoms with van der Waals surface area (Å²) in [7, 11) is 0. The Morgan fingerprint density at radius 2 is 1.95 bits per heavy atom. The number of anilines is 1. The van der Waals surface area contributed by atoms with Crippen molar-refractivity contribution in [1.82, 2.24) is 0 Å². The zero-order valence-electron chi connectivity index (χ0n) is 11.4. The highest BCUT2D eigenvalue weighted by Gasteiger charge is 2.30.